The number of urea groups is 1. The van der Waals surface area contributed by atoms with Crippen LogP contribution >= 0.6 is 11.9 Å². The van der Waals surface area contributed by atoms with Crippen LogP contribution in [0.1, 0.15) is 0 Å². The summed E-state index contributed by atoms with van der Waals surface area (Å²) >= 11 is 1.09. The van der Waals surface area contributed by atoms with Crippen LogP contribution in [0.5, 0.6) is 0 Å². The van der Waals surface area contributed by atoms with Crippen LogP contribution in [0.25, 0.3) is 0 Å². The van der Waals surface area contributed by atoms with Gasteiger partial charge in [0.05, 0.1) is 4.92 Å². The number of hydrogen-bond acceptors (Lipinski definition) is 4. The summed E-state index contributed by atoms with van der Waals surface area (Å²) in [5.41, 5.74) is 0.0271. The van der Waals surface area contributed by atoms with E-state index < -0.39 is 4.92 Å². The summed E-state index contributed by atoms with van der Waals surface area (Å²) in [6, 6.07) is 5.58. The fraction of sp³-hybridized carbons (Fsp3) is 0.125. The molecule has 0 unspecified atom stereocenters. The average Bonchev–Trinajstić information content (AvgIpc) is 2.26. The molecule has 0 saturated carbocycles. The van der Waals surface area contributed by atoms with Crippen molar-refractivity contribution >= 4 is 23.7 Å². The molecule has 0 aliphatic rings. The maximum absolute atomic E-state index is 10.8. The zero-order valence-corrected chi connectivity index (χ0v) is 8.71. The van der Waals surface area contributed by atoms with Crippen molar-refractivity contribution in [3.05, 3.63) is 34.4 Å². The van der Waals surface area contributed by atoms with E-state index in [4.69, 9.17) is 0 Å². The summed E-state index contributed by atoms with van der Waals surface area (Å²) < 4.78 is 2.49. The fourth-order valence-electron chi connectivity index (χ4n) is 0.792. The molecule has 1 aromatic rings. The van der Waals surface area contributed by atoms with Gasteiger partial charge in [-0.25, -0.2) is 4.79 Å². The summed E-state index contributed by atoms with van der Waals surface area (Å²) in [5, 5.41) is 12.7. The zero-order valence-electron chi connectivity index (χ0n) is 7.89. The van der Waals surface area contributed by atoms with Gasteiger partial charge in [-0.15, -0.1) is 0 Å². The van der Waals surface area contributed by atoms with Crippen molar-refractivity contribution in [1.29, 1.82) is 0 Å². The Morgan fingerprint density at radius 2 is 2.00 bits per heavy atom. The molecule has 1 rings (SSSR count). The normalized spacial score (nSPS) is 9.40. The lowest BCUT2D eigenvalue weighted by atomic mass is 10.3. The number of carbonyl (C=O) groups is 1. The van der Waals surface area contributed by atoms with Gasteiger partial charge in [0.15, 0.2) is 0 Å². The second-order valence-electron chi connectivity index (χ2n) is 2.53. The van der Waals surface area contributed by atoms with Gasteiger partial charge in [0.1, 0.15) is 0 Å². The van der Waals surface area contributed by atoms with E-state index in [2.05, 4.69) is 10.0 Å². The molecule has 0 heterocycles. The minimum Gasteiger partial charge on any atom is -0.341 e. The molecule has 6 nitrogen and oxygen atoms in total. The van der Waals surface area contributed by atoms with Crippen LogP contribution in [-0.4, -0.2) is 18.0 Å². The molecule has 0 bridgehead atoms. The van der Waals surface area contributed by atoms with E-state index in [9.17, 15) is 14.9 Å². The molecule has 0 aromatic heterocycles. The monoisotopic (exact) mass is 227 g/mol. The Balaban J connectivity index is 2.57. The topological polar surface area (TPSA) is 84.3 Å². The third-order valence-electron chi connectivity index (χ3n) is 1.54. The highest BCUT2D eigenvalue weighted by molar-refractivity contribution is 7.98. The molecule has 0 atom stereocenters. The first-order valence-corrected chi connectivity index (χ1v) is 4.84. The summed E-state index contributed by atoms with van der Waals surface area (Å²) in [5.74, 6) is 0. The van der Waals surface area contributed by atoms with Crippen LogP contribution in [0.2, 0.25) is 0 Å². The minimum absolute atomic E-state index is 0.0271. The molecule has 0 aliphatic heterocycles. The Labute approximate surface area is 90.3 Å². The van der Waals surface area contributed by atoms with Crippen molar-refractivity contribution in [2.24, 2.45) is 0 Å². The number of amides is 2. The van der Waals surface area contributed by atoms with Crippen molar-refractivity contribution in [3.8, 4) is 0 Å². The van der Waals surface area contributed by atoms with E-state index in [0.29, 0.717) is 0 Å². The Bertz CT molecular complexity index is 366. The molecule has 0 saturated heterocycles. The molecule has 0 radical (unpaired) electrons. The maximum Gasteiger partial charge on any atom is 0.324 e. The third kappa shape index (κ3) is 3.47. The van der Waals surface area contributed by atoms with E-state index in [1.165, 1.54) is 19.2 Å². The smallest absolute Gasteiger partial charge is 0.324 e. The largest absolute Gasteiger partial charge is 0.341 e. The van der Waals surface area contributed by atoms with Gasteiger partial charge in [-0.2, -0.15) is 0 Å². The van der Waals surface area contributed by atoms with Gasteiger partial charge in [-0.3, -0.25) is 14.8 Å². The van der Waals surface area contributed by atoms with E-state index in [1.54, 1.807) is 12.1 Å². The molecule has 15 heavy (non-hydrogen) atoms. The van der Waals surface area contributed by atoms with Gasteiger partial charge in [0, 0.05) is 24.1 Å². The molecule has 1 aromatic carbocycles. The fourth-order valence-corrected chi connectivity index (χ4v) is 1.38. The van der Waals surface area contributed by atoms with Gasteiger partial charge < -0.3 is 5.32 Å². The van der Waals surface area contributed by atoms with Gasteiger partial charge in [0.25, 0.3) is 5.69 Å². The Morgan fingerprint density at radius 1 is 1.40 bits per heavy atom. The second kappa shape index (κ2) is 5.20. The molecule has 80 valence electrons. The minimum atomic E-state index is -0.472. The zero-order chi connectivity index (χ0) is 11.3. The van der Waals surface area contributed by atoms with Crippen LogP contribution in [0.4, 0.5) is 10.5 Å². The van der Waals surface area contributed by atoms with Gasteiger partial charge in [0.2, 0.25) is 0 Å². The van der Waals surface area contributed by atoms with E-state index >= 15 is 0 Å². The molecule has 2 N–H and O–H groups in total. The molecule has 0 aliphatic carbocycles. The van der Waals surface area contributed by atoms with Crippen molar-refractivity contribution in [2.75, 3.05) is 7.05 Å². The van der Waals surface area contributed by atoms with E-state index in [-0.39, 0.29) is 11.7 Å². The summed E-state index contributed by atoms with van der Waals surface area (Å²) in [4.78, 5) is 21.4. The van der Waals surface area contributed by atoms with Crippen LogP contribution in [0.15, 0.2) is 29.2 Å². The Hall–Kier alpha value is -1.76. The second-order valence-corrected chi connectivity index (χ2v) is 3.41. The number of carbonyl (C=O) groups excluding carboxylic acids is 1. The highest BCUT2D eigenvalue weighted by Gasteiger charge is 2.04. The Morgan fingerprint density at radius 3 is 2.47 bits per heavy atom. The highest BCUT2D eigenvalue weighted by atomic mass is 32.2. The van der Waals surface area contributed by atoms with Crippen LogP contribution in [0, 0.1) is 10.1 Å². The van der Waals surface area contributed by atoms with Crippen LogP contribution < -0.4 is 10.0 Å². The summed E-state index contributed by atoms with van der Waals surface area (Å²) in [6.45, 7) is 0. The van der Waals surface area contributed by atoms with Crippen molar-refractivity contribution in [1.82, 2.24) is 10.0 Å². The standard InChI is InChI=1S/C8H9N3O3S/c1-9-8(12)10-15-7-4-2-6(3-5-7)11(13)14/h2-5H,1H3,(H2,9,10,12). The number of rotatable bonds is 3. The molecule has 2 amide bonds. The van der Waals surface area contributed by atoms with Gasteiger partial charge in [-0.05, 0) is 24.1 Å². The van der Waals surface area contributed by atoms with Crippen LogP contribution in [0.3, 0.4) is 0 Å². The van der Waals surface area contributed by atoms with Crippen LogP contribution in [-0.2, 0) is 0 Å². The SMILES string of the molecule is CNC(=O)NSc1ccc([N+](=O)[O-])cc1. The molecule has 0 fully saturated rings. The number of nitrogens with one attached hydrogen (secondary N) is 2. The molecular formula is C8H9N3O3S. The predicted octanol–water partition coefficient (Wildman–Crippen LogP) is 1.53. The average molecular weight is 227 g/mol. The lowest BCUT2D eigenvalue weighted by Gasteiger charge is -2.02. The van der Waals surface area contributed by atoms with E-state index in [1.807, 2.05) is 0 Å². The van der Waals surface area contributed by atoms with Gasteiger partial charge in [-0.1, -0.05) is 0 Å². The number of nitro benzene ring substituents is 1. The predicted molar refractivity (Wildman–Crippen MR) is 56.5 cm³/mol. The quantitative estimate of drug-likeness (QED) is 0.466. The Kier molecular flexibility index (Phi) is 3.92. The third-order valence-corrected chi connectivity index (χ3v) is 2.33. The number of non-ortho nitro benzene ring substituents is 1. The lowest BCUT2D eigenvalue weighted by Crippen LogP contribution is -2.27. The number of hydrogen-bond donors (Lipinski definition) is 2. The number of nitrogens with zero attached hydrogens (tertiary/aromatic N) is 1. The van der Waals surface area contributed by atoms with Crippen molar-refractivity contribution in [3.63, 3.8) is 0 Å². The molecule has 7 heteroatoms. The van der Waals surface area contributed by atoms with Crippen molar-refractivity contribution in [2.45, 2.75) is 4.90 Å². The van der Waals surface area contributed by atoms with E-state index in [0.717, 1.165) is 16.8 Å². The maximum atomic E-state index is 10.8. The highest BCUT2D eigenvalue weighted by Crippen LogP contribution is 2.18. The number of nitro groups is 1. The number of benzene rings is 1. The first-order chi connectivity index (χ1) is 7.13. The van der Waals surface area contributed by atoms with Gasteiger partial charge >= 0.3 is 6.03 Å². The first kappa shape index (κ1) is 11.3. The summed E-state index contributed by atoms with van der Waals surface area (Å²) in [6.07, 6.45) is 0. The van der Waals surface area contributed by atoms with Crippen molar-refractivity contribution < 1.29 is 9.72 Å². The molecular weight excluding hydrogens is 218 g/mol. The lowest BCUT2D eigenvalue weighted by molar-refractivity contribution is -0.384. The molecule has 0 spiro atoms. The first-order valence-electron chi connectivity index (χ1n) is 4.02. The summed E-state index contributed by atoms with van der Waals surface area (Å²) in [7, 11) is 1.51.